The molecule has 0 saturated heterocycles. The van der Waals surface area contributed by atoms with Gasteiger partial charge in [0.05, 0.1) is 0 Å². The highest BCUT2D eigenvalue weighted by molar-refractivity contribution is 9.10. The fraction of sp³-hybridized carbons (Fsp3) is 0.231. The van der Waals surface area contributed by atoms with Crippen LogP contribution in [0, 0.1) is 6.92 Å². The smallest absolute Gasteiger partial charge is 0.224 e. The highest BCUT2D eigenvalue weighted by atomic mass is 79.9. The van der Waals surface area contributed by atoms with E-state index in [4.69, 9.17) is 0 Å². The van der Waals surface area contributed by atoms with Gasteiger partial charge >= 0.3 is 0 Å². The van der Waals surface area contributed by atoms with Crippen molar-refractivity contribution in [2.24, 2.45) is 0 Å². The van der Waals surface area contributed by atoms with Crippen LogP contribution >= 0.6 is 15.9 Å². The van der Waals surface area contributed by atoms with Gasteiger partial charge in [0.2, 0.25) is 5.95 Å². The third kappa shape index (κ3) is 3.20. The first-order valence-electron chi connectivity index (χ1n) is 5.79. The second-order valence-corrected chi connectivity index (χ2v) is 4.74. The van der Waals surface area contributed by atoms with Gasteiger partial charge in [-0.25, -0.2) is 4.98 Å². The summed E-state index contributed by atoms with van der Waals surface area (Å²) in [6, 6.07) is 7.95. The maximum absolute atomic E-state index is 4.36. The largest absolute Gasteiger partial charge is 0.354 e. The highest BCUT2D eigenvalue weighted by Crippen LogP contribution is 2.22. The minimum atomic E-state index is 0.633. The average molecular weight is 307 g/mol. The number of hydrogen-bond donors (Lipinski definition) is 2. The summed E-state index contributed by atoms with van der Waals surface area (Å²) in [4.78, 5) is 8.49. The number of aryl methyl sites for hydroxylation is 1. The summed E-state index contributed by atoms with van der Waals surface area (Å²) in [7, 11) is 0. The molecule has 1 aromatic heterocycles. The molecule has 4 nitrogen and oxygen atoms in total. The molecule has 5 heteroatoms. The minimum absolute atomic E-state index is 0.633. The maximum Gasteiger partial charge on any atom is 0.224 e. The Bertz CT molecular complexity index is 542. The Morgan fingerprint density at radius 1 is 1.28 bits per heavy atom. The maximum atomic E-state index is 4.36. The lowest BCUT2D eigenvalue weighted by Gasteiger charge is -2.08. The molecule has 0 bridgehead atoms. The topological polar surface area (TPSA) is 49.8 Å². The molecule has 0 saturated carbocycles. The lowest BCUT2D eigenvalue weighted by molar-refractivity contribution is 1.09. The summed E-state index contributed by atoms with van der Waals surface area (Å²) in [5.74, 6) is 1.41. The molecular formula is C13H15BrN4. The number of anilines is 3. The first-order valence-corrected chi connectivity index (χ1v) is 6.58. The van der Waals surface area contributed by atoms with E-state index in [1.807, 2.05) is 25.1 Å². The molecule has 2 N–H and O–H groups in total. The molecule has 94 valence electrons. The van der Waals surface area contributed by atoms with Gasteiger partial charge < -0.3 is 10.6 Å². The van der Waals surface area contributed by atoms with Crippen molar-refractivity contribution in [3.05, 3.63) is 40.5 Å². The van der Waals surface area contributed by atoms with E-state index in [0.29, 0.717) is 5.95 Å². The molecule has 0 radical (unpaired) electrons. The SMILES string of the molecule is CCNc1nccc(Nc2ccc(C)c(Br)c2)n1. The number of halogens is 1. The molecule has 0 fully saturated rings. The van der Waals surface area contributed by atoms with Crippen LogP contribution in [0.5, 0.6) is 0 Å². The molecule has 2 rings (SSSR count). The van der Waals surface area contributed by atoms with Crippen LogP contribution in [0.4, 0.5) is 17.5 Å². The van der Waals surface area contributed by atoms with Crippen LogP contribution in [-0.4, -0.2) is 16.5 Å². The van der Waals surface area contributed by atoms with Gasteiger partial charge in [0.15, 0.2) is 0 Å². The quantitative estimate of drug-likeness (QED) is 0.904. The van der Waals surface area contributed by atoms with E-state index >= 15 is 0 Å². The van der Waals surface area contributed by atoms with E-state index in [-0.39, 0.29) is 0 Å². The lowest BCUT2D eigenvalue weighted by atomic mass is 10.2. The van der Waals surface area contributed by atoms with E-state index in [0.717, 1.165) is 22.5 Å². The van der Waals surface area contributed by atoms with E-state index in [1.165, 1.54) is 5.56 Å². The molecule has 0 unspecified atom stereocenters. The lowest BCUT2D eigenvalue weighted by Crippen LogP contribution is -2.03. The van der Waals surface area contributed by atoms with E-state index in [9.17, 15) is 0 Å². The number of aromatic nitrogens is 2. The second kappa shape index (κ2) is 5.82. The third-order valence-corrected chi connectivity index (χ3v) is 3.29. The Balaban J connectivity index is 2.17. The molecule has 0 amide bonds. The highest BCUT2D eigenvalue weighted by Gasteiger charge is 2.01. The zero-order chi connectivity index (χ0) is 13.0. The standard InChI is InChI=1S/C13H15BrN4/c1-3-15-13-16-7-6-12(18-13)17-10-5-4-9(2)11(14)8-10/h4-8H,3H2,1-2H3,(H2,15,16,17,18). The molecule has 18 heavy (non-hydrogen) atoms. The van der Waals surface area contributed by atoms with Gasteiger partial charge in [-0.2, -0.15) is 4.98 Å². The molecule has 1 aromatic carbocycles. The van der Waals surface area contributed by atoms with Crippen LogP contribution in [0.1, 0.15) is 12.5 Å². The monoisotopic (exact) mass is 306 g/mol. The molecule has 0 spiro atoms. The summed E-state index contributed by atoms with van der Waals surface area (Å²) in [6.07, 6.45) is 1.73. The Labute approximate surface area is 115 Å². The number of rotatable bonds is 4. The molecule has 0 aliphatic carbocycles. The van der Waals surface area contributed by atoms with Crippen LogP contribution in [0.2, 0.25) is 0 Å². The zero-order valence-corrected chi connectivity index (χ0v) is 12.0. The van der Waals surface area contributed by atoms with Gasteiger partial charge in [-0.15, -0.1) is 0 Å². The number of hydrogen-bond acceptors (Lipinski definition) is 4. The first-order chi connectivity index (χ1) is 8.69. The predicted molar refractivity (Wildman–Crippen MR) is 78.4 cm³/mol. The molecule has 0 aliphatic rings. The number of nitrogens with zero attached hydrogens (tertiary/aromatic N) is 2. The number of nitrogens with one attached hydrogen (secondary N) is 2. The van der Waals surface area contributed by atoms with Crippen molar-refractivity contribution < 1.29 is 0 Å². The fourth-order valence-corrected chi connectivity index (χ4v) is 1.87. The fourth-order valence-electron chi connectivity index (χ4n) is 1.49. The van der Waals surface area contributed by atoms with Gasteiger partial charge in [0.1, 0.15) is 5.82 Å². The van der Waals surface area contributed by atoms with Crippen LogP contribution in [0.15, 0.2) is 34.9 Å². The Morgan fingerprint density at radius 2 is 2.11 bits per heavy atom. The number of benzene rings is 1. The van der Waals surface area contributed by atoms with Gasteiger partial charge in [0.25, 0.3) is 0 Å². The summed E-state index contributed by atoms with van der Waals surface area (Å²) in [5.41, 5.74) is 2.20. The summed E-state index contributed by atoms with van der Waals surface area (Å²) in [5, 5.41) is 6.33. The molecule has 0 aliphatic heterocycles. The summed E-state index contributed by atoms with van der Waals surface area (Å²) < 4.78 is 1.08. The molecular weight excluding hydrogens is 292 g/mol. The summed E-state index contributed by atoms with van der Waals surface area (Å²) >= 11 is 3.51. The van der Waals surface area contributed by atoms with Crippen molar-refractivity contribution in [1.29, 1.82) is 0 Å². The molecule has 2 aromatic rings. The predicted octanol–water partition coefficient (Wildman–Crippen LogP) is 3.72. The van der Waals surface area contributed by atoms with E-state index in [2.05, 4.69) is 49.5 Å². The molecule has 0 atom stereocenters. The molecule has 1 heterocycles. The van der Waals surface area contributed by atoms with Crippen molar-refractivity contribution in [2.45, 2.75) is 13.8 Å². The van der Waals surface area contributed by atoms with Gasteiger partial charge in [-0.1, -0.05) is 22.0 Å². The van der Waals surface area contributed by atoms with Crippen molar-refractivity contribution in [3.63, 3.8) is 0 Å². The normalized spacial score (nSPS) is 10.2. The van der Waals surface area contributed by atoms with Crippen LogP contribution in [0.3, 0.4) is 0 Å². The second-order valence-electron chi connectivity index (χ2n) is 3.88. The minimum Gasteiger partial charge on any atom is -0.354 e. The average Bonchev–Trinajstić information content (AvgIpc) is 2.35. The van der Waals surface area contributed by atoms with Crippen LogP contribution in [0.25, 0.3) is 0 Å². The Morgan fingerprint density at radius 3 is 2.83 bits per heavy atom. The van der Waals surface area contributed by atoms with Crippen molar-refractivity contribution in [2.75, 3.05) is 17.2 Å². The van der Waals surface area contributed by atoms with Gasteiger partial charge in [0, 0.05) is 22.9 Å². The van der Waals surface area contributed by atoms with Crippen LogP contribution in [-0.2, 0) is 0 Å². The van der Waals surface area contributed by atoms with Gasteiger partial charge in [-0.3, -0.25) is 0 Å². The van der Waals surface area contributed by atoms with E-state index in [1.54, 1.807) is 6.20 Å². The Kier molecular flexibility index (Phi) is 4.15. The van der Waals surface area contributed by atoms with Crippen molar-refractivity contribution in [3.8, 4) is 0 Å². The van der Waals surface area contributed by atoms with Gasteiger partial charge in [-0.05, 0) is 37.6 Å². The Hall–Kier alpha value is -1.62. The zero-order valence-electron chi connectivity index (χ0n) is 10.4. The first kappa shape index (κ1) is 12.8. The van der Waals surface area contributed by atoms with Crippen LogP contribution < -0.4 is 10.6 Å². The summed E-state index contributed by atoms with van der Waals surface area (Å²) in [6.45, 7) is 4.88. The third-order valence-electron chi connectivity index (χ3n) is 2.43. The van der Waals surface area contributed by atoms with Crippen molar-refractivity contribution in [1.82, 2.24) is 9.97 Å². The van der Waals surface area contributed by atoms with Crippen molar-refractivity contribution >= 4 is 33.4 Å². The van der Waals surface area contributed by atoms with E-state index < -0.39 is 0 Å².